The molecular formula is C16H18N2O4S2. The molecule has 0 aliphatic heterocycles. The van der Waals surface area contributed by atoms with Crippen molar-refractivity contribution in [1.82, 2.24) is 0 Å². The molecule has 0 spiro atoms. The average molecular weight is 366 g/mol. The molecule has 2 N–H and O–H groups in total. The highest BCUT2D eigenvalue weighted by molar-refractivity contribution is 7.98. The van der Waals surface area contributed by atoms with E-state index in [-0.39, 0.29) is 10.8 Å². The maximum Gasteiger partial charge on any atom is 0.262 e. The van der Waals surface area contributed by atoms with Gasteiger partial charge in [-0.2, -0.15) is 0 Å². The van der Waals surface area contributed by atoms with Crippen molar-refractivity contribution in [1.29, 1.82) is 0 Å². The number of hydrogen-bond acceptors (Lipinski definition) is 5. The van der Waals surface area contributed by atoms with Crippen molar-refractivity contribution in [2.45, 2.75) is 16.7 Å². The first-order chi connectivity index (χ1) is 11.4. The second-order valence-electron chi connectivity index (χ2n) is 4.85. The number of thioether (sulfide) groups is 1. The minimum Gasteiger partial charge on any atom is -0.495 e. The molecule has 6 nitrogen and oxygen atoms in total. The van der Waals surface area contributed by atoms with Crippen LogP contribution in [0.2, 0.25) is 0 Å². The molecule has 0 atom stereocenters. The van der Waals surface area contributed by atoms with Crippen molar-refractivity contribution in [3.63, 3.8) is 0 Å². The normalized spacial score (nSPS) is 11.0. The van der Waals surface area contributed by atoms with Crippen LogP contribution in [0.15, 0.2) is 52.3 Å². The molecule has 0 bridgehead atoms. The number of anilines is 2. The standard InChI is InChI=1S/C16H18N2O4S2/c1-11(19)17-14-10-12(8-9-16(14)23-3)24(20,21)18-13-6-4-5-7-15(13)22-2/h4-10,18H,1-3H3,(H,17,19). The Morgan fingerprint density at radius 3 is 2.46 bits per heavy atom. The van der Waals surface area contributed by atoms with Crippen molar-refractivity contribution >= 4 is 39.1 Å². The van der Waals surface area contributed by atoms with Crippen LogP contribution in [0, 0.1) is 0 Å². The highest BCUT2D eigenvalue weighted by atomic mass is 32.2. The number of methoxy groups -OCH3 is 1. The molecule has 2 rings (SSSR count). The van der Waals surface area contributed by atoms with Crippen LogP contribution in [0.5, 0.6) is 5.75 Å². The molecule has 0 unspecified atom stereocenters. The van der Waals surface area contributed by atoms with Crippen LogP contribution >= 0.6 is 11.8 Å². The summed E-state index contributed by atoms with van der Waals surface area (Å²) in [5.41, 5.74) is 0.799. The predicted molar refractivity (Wildman–Crippen MR) is 96.3 cm³/mol. The Labute approximate surface area is 145 Å². The van der Waals surface area contributed by atoms with E-state index in [9.17, 15) is 13.2 Å². The zero-order chi connectivity index (χ0) is 17.7. The van der Waals surface area contributed by atoms with E-state index in [0.717, 1.165) is 4.90 Å². The first-order valence-electron chi connectivity index (χ1n) is 6.99. The Morgan fingerprint density at radius 1 is 1.12 bits per heavy atom. The van der Waals surface area contributed by atoms with Crippen molar-refractivity contribution in [3.05, 3.63) is 42.5 Å². The van der Waals surface area contributed by atoms with Gasteiger partial charge in [-0.3, -0.25) is 9.52 Å². The molecule has 0 saturated heterocycles. The number of hydrogen-bond donors (Lipinski definition) is 2. The fraction of sp³-hybridized carbons (Fsp3) is 0.188. The largest absolute Gasteiger partial charge is 0.495 e. The summed E-state index contributed by atoms with van der Waals surface area (Å²) in [7, 11) is -2.35. The second-order valence-corrected chi connectivity index (χ2v) is 7.38. The van der Waals surface area contributed by atoms with E-state index in [0.29, 0.717) is 17.1 Å². The number of ether oxygens (including phenoxy) is 1. The van der Waals surface area contributed by atoms with Crippen LogP contribution in [0.3, 0.4) is 0 Å². The Bertz CT molecular complexity index is 851. The van der Waals surface area contributed by atoms with Crippen LogP contribution in [0.4, 0.5) is 11.4 Å². The fourth-order valence-electron chi connectivity index (χ4n) is 2.07. The molecule has 0 saturated carbocycles. The van der Waals surface area contributed by atoms with Gasteiger partial charge in [0.25, 0.3) is 10.0 Å². The molecule has 0 aliphatic rings. The Kier molecular flexibility index (Phi) is 5.74. The first-order valence-corrected chi connectivity index (χ1v) is 9.69. The van der Waals surface area contributed by atoms with Gasteiger partial charge in [0.1, 0.15) is 5.75 Å². The van der Waals surface area contributed by atoms with E-state index in [1.807, 2.05) is 6.26 Å². The van der Waals surface area contributed by atoms with E-state index in [1.54, 1.807) is 30.3 Å². The number of para-hydroxylation sites is 2. The monoisotopic (exact) mass is 366 g/mol. The molecule has 8 heteroatoms. The predicted octanol–water partition coefficient (Wildman–Crippen LogP) is 3.18. The van der Waals surface area contributed by atoms with Crippen molar-refractivity contribution < 1.29 is 17.9 Å². The van der Waals surface area contributed by atoms with Crippen LogP contribution in [-0.2, 0) is 14.8 Å². The molecule has 0 heterocycles. The van der Waals surface area contributed by atoms with Gasteiger partial charge in [-0.25, -0.2) is 8.42 Å². The summed E-state index contributed by atoms with van der Waals surface area (Å²) in [6.45, 7) is 1.37. The third-order valence-corrected chi connectivity index (χ3v) is 5.30. The second kappa shape index (κ2) is 7.59. The number of sulfonamides is 1. The lowest BCUT2D eigenvalue weighted by Gasteiger charge is -2.14. The number of amides is 1. The summed E-state index contributed by atoms with van der Waals surface area (Å²) in [6, 6.07) is 11.3. The van der Waals surface area contributed by atoms with Gasteiger partial charge in [0, 0.05) is 11.8 Å². The van der Waals surface area contributed by atoms with Gasteiger partial charge >= 0.3 is 0 Å². The molecule has 1 amide bonds. The maximum absolute atomic E-state index is 12.6. The van der Waals surface area contributed by atoms with Crippen LogP contribution in [-0.4, -0.2) is 27.7 Å². The lowest BCUT2D eigenvalue weighted by atomic mass is 10.3. The fourth-order valence-corrected chi connectivity index (χ4v) is 3.70. The van der Waals surface area contributed by atoms with Crippen LogP contribution in [0.25, 0.3) is 0 Å². The molecular weight excluding hydrogens is 348 g/mol. The number of carbonyl (C=O) groups excluding carboxylic acids is 1. The number of carbonyl (C=O) groups is 1. The smallest absolute Gasteiger partial charge is 0.262 e. The third-order valence-electron chi connectivity index (χ3n) is 3.14. The van der Waals surface area contributed by atoms with E-state index < -0.39 is 10.0 Å². The Morgan fingerprint density at radius 2 is 1.83 bits per heavy atom. The minimum atomic E-state index is -3.82. The van der Waals surface area contributed by atoms with Crippen molar-refractivity contribution in [2.24, 2.45) is 0 Å². The van der Waals surface area contributed by atoms with Gasteiger partial charge in [-0.05, 0) is 36.6 Å². The van der Waals surface area contributed by atoms with E-state index in [1.165, 1.54) is 37.9 Å². The lowest BCUT2D eigenvalue weighted by molar-refractivity contribution is -0.114. The molecule has 0 radical (unpaired) electrons. The number of benzene rings is 2. The summed E-state index contributed by atoms with van der Waals surface area (Å²) < 4.78 is 32.9. The summed E-state index contributed by atoms with van der Waals surface area (Å²) >= 11 is 1.42. The van der Waals surface area contributed by atoms with E-state index in [2.05, 4.69) is 10.0 Å². The Hall–Kier alpha value is -2.19. The lowest BCUT2D eigenvalue weighted by Crippen LogP contribution is -2.15. The highest BCUT2D eigenvalue weighted by Crippen LogP contribution is 2.30. The third kappa shape index (κ3) is 4.21. The summed E-state index contributed by atoms with van der Waals surface area (Å²) in [4.78, 5) is 12.1. The van der Waals surface area contributed by atoms with Crippen LogP contribution < -0.4 is 14.8 Å². The first kappa shape index (κ1) is 18.2. The number of rotatable bonds is 6. The SMILES string of the molecule is COc1ccccc1NS(=O)(=O)c1ccc(SC)c(NC(C)=O)c1. The molecule has 2 aromatic rings. The molecule has 0 fully saturated rings. The summed E-state index contributed by atoms with van der Waals surface area (Å²) in [6.07, 6.45) is 1.85. The van der Waals surface area contributed by atoms with Crippen molar-refractivity contribution in [2.75, 3.05) is 23.4 Å². The van der Waals surface area contributed by atoms with Crippen molar-refractivity contribution in [3.8, 4) is 5.75 Å². The van der Waals surface area contributed by atoms with Gasteiger partial charge < -0.3 is 10.1 Å². The molecule has 0 aliphatic carbocycles. The minimum absolute atomic E-state index is 0.0509. The summed E-state index contributed by atoms with van der Waals surface area (Å²) in [5.74, 6) is 0.154. The summed E-state index contributed by atoms with van der Waals surface area (Å²) in [5, 5.41) is 2.65. The highest BCUT2D eigenvalue weighted by Gasteiger charge is 2.18. The van der Waals surface area contributed by atoms with Crippen LogP contribution in [0.1, 0.15) is 6.92 Å². The molecule has 0 aromatic heterocycles. The number of nitrogens with one attached hydrogen (secondary N) is 2. The maximum atomic E-state index is 12.6. The zero-order valence-corrected chi connectivity index (χ0v) is 15.1. The molecule has 128 valence electrons. The van der Waals surface area contributed by atoms with Gasteiger partial charge in [-0.15, -0.1) is 11.8 Å². The van der Waals surface area contributed by atoms with Gasteiger partial charge in [0.05, 0.1) is 23.4 Å². The van der Waals surface area contributed by atoms with E-state index in [4.69, 9.17) is 4.74 Å². The Balaban J connectivity index is 2.40. The average Bonchev–Trinajstić information content (AvgIpc) is 2.54. The van der Waals surface area contributed by atoms with Gasteiger partial charge in [0.2, 0.25) is 5.91 Å². The zero-order valence-electron chi connectivity index (χ0n) is 13.5. The van der Waals surface area contributed by atoms with Gasteiger partial charge in [-0.1, -0.05) is 12.1 Å². The molecule has 2 aromatic carbocycles. The quantitative estimate of drug-likeness (QED) is 0.767. The molecule has 24 heavy (non-hydrogen) atoms. The van der Waals surface area contributed by atoms with Gasteiger partial charge in [0.15, 0.2) is 0 Å². The van der Waals surface area contributed by atoms with E-state index >= 15 is 0 Å². The topological polar surface area (TPSA) is 84.5 Å².